The Morgan fingerprint density at radius 2 is 1.79 bits per heavy atom. The second kappa shape index (κ2) is 7.01. The number of rotatable bonds is 4. The normalized spacial score (nSPS) is 25.0. The summed E-state index contributed by atoms with van der Waals surface area (Å²) in [5.41, 5.74) is 1.94. The van der Waals surface area contributed by atoms with Gasteiger partial charge >= 0.3 is 0 Å². The van der Waals surface area contributed by atoms with Gasteiger partial charge in [0.05, 0.1) is 5.41 Å². The number of aryl methyl sites for hydroxylation is 1. The third kappa shape index (κ3) is 3.24. The Morgan fingerprint density at radius 3 is 2.41 bits per heavy atom. The average Bonchev–Trinajstić information content (AvgIpc) is 3.40. The topological polar surface area (TPSA) is 69.3 Å². The van der Waals surface area contributed by atoms with Crippen molar-refractivity contribution in [1.82, 2.24) is 20.0 Å². The summed E-state index contributed by atoms with van der Waals surface area (Å²) >= 11 is 0. The highest BCUT2D eigenvalue weighted by Crippen LogP contribution is 2.42. The highest BCUT2D eigenvalue weighted by Gasteiger charge is 2.54. The summed E-state index contributed by atoms with van der Waals surface area (Å²) < 4.78 is 0. The highest BCUT2D eigenvalue weighted by molar-refractivity contribution is 5.95. The van der Waals surface area contributed by atoms with Crippen LogP contribution < -0.4 is 0 Å². The molecule has 3 fully saturated rings. The van der Waals surface area contributed by atoms with Crippen LogP contribution in [0.5, 0.6) is 0 Å². The van der Waals surface area contributed by atoms with Gasteiger partial charge in [0.2, 0.25) is 5.91 Å². The largest absolute Gasteiger partial charge is 0.342 e. The number of H-pyrrole nitrogens is 1. The standard InChI is InChI=1S/C23H28N4O2/c1-16-10-20(25-24-16)21(28)27-14-23(15-27,11-17-6-3-2-4-7-17)22(29)26-12-18-8-5-9-19(18)13-26/h2-4,6-7,10,18-19H,5,8-9,11-15H2,1H3,(H,24,25)/t18-,19+. The van der Waals surface area contributed by atoms with E-state index < -0.39 is 5.41 Å². The molecule has 6 nitrogen and oxygen atoms in total. The van der Waals surface area contributed by atoms with E-state index in [2.05, 4.69) is 27.2 Å². The molecule has 29 heavy (non-hydrogen) atoms. The summed E-state index contributed by atoms with van der Waals surface area (Å²) in [6.45, 7) is 4.61. The molecule has 2 aliphatic heterocycles. The van der Waals surface area contributed by atoms with E-state index in [1.54, 1.807) is 11.0 Å². The van der Waals surface area contributed by atoms with E-state index in [0.717, 1.165) is 24.3 Å². The number of nitrogens with zero attached hydrogens (tertiary/aromatic N) is 3. The molecular weight excluding hydrogens is 364 g/mol. The van der Waals surface area contributed by atoms with Gasteiger partial charge in [0.15, 0.2) is 0 Å². The first kappa shape index (κ1) is 18.4. The predicted molar refractivity (Wildman–Crippen MR) is 109 cm³/mol. The Morgan fingerprint density at radius 1 is 1.10 bits per heavy atom. The fourth-order valence-electron chi connectivity index (χ4n) is 5.56. The lowest BCUT2D eigenvalue weighted by molar-refractivity contribution is -0.150. The maximum atomic E-state index is 13.7. The van der Waals surface area contributed by atoms with Crippen molar-refractivity contribution in [2.24, 2.45) is 17.3 Å². The number of aromatic amines is 1. The molecule has 0 spiro atoms. The fraction of sp³-hybridized carbons (Fsp3) is 0.522. The number of fused-ring (bicyclic) bond motifs is 1. The molecule has 5 rings (SSSR count). The van der Waals surface area contributed by atoms with Crippen LogP contribution in [-0.4, -0.2) is 58.0 Å². The predicted octanol–water partition coefficient (Wildman–Crippen LogP) is 2.66. The lowest BCUT2D eigenvalue weighted by Crippen LogP contribution is -2.66. The number of benzene rings is 1. The van der Waals surface area contributed by atoms with Crippen molar-refractivity contribution >= 4 is 11.8 Å². The van der Waals surface area contributed by atoms with Gasteiger partial charge in [0.25, 0.3) is 5.91 Å². The SMILES string of the molecule is Cc1cc(C(=O)N2CC(Cc3ccccc3)(C(=O)N3C[C@H]4CCC[C@H]4C3)C2)n[nH]1. The van der Waals surface area contributed by atoms with Crippen molar-refractivity contribution in [2.75, 3.05) is 26.2 Å². The summed E-state index contributed by atoms with van der Waals surface area (Å²) in [6, 6.07) is 12.0. The van der Waals surface area contributed by atoms with Crippen molar-refractivity contribution in [3.05, 3.63) is 53.3 Å². The summed E-state index contributed by atoms with van der Waals surface area (Å²) in [5.74, 6) is 1.50. The number of amides is 2. The molecule has 0 radical (unpaired) electrons. The Labute approximate surface area is 171 Å². The Bertz CT molecular complexity index is 904. The molecule has 3 heterocycles. The molecule has 3 aliphatic rings. The first-order valence-electron chi connectivity index (χ1n) is 10.7. The molecule has 6 heteroatoms. The molecule has 1 N–H and O–H groups in total. The smallest absolute Gasteiger partial charge is 0.274 e. The molecule has 1 aromatic heterocycles. The lowest BCUT2D eigenvalue weighted by atomic mass is 9.73. The monoisotopic (exact) mass is 392 g/mol. The van der Waals surface area contributed by atoms with E-state index in [9.17, 15) is 9.59 Å². The molecule has 0 unspecified atom stereocenters. The van der Waals surface area contributed by atoms with Crippen LogP contribution >= 0.6 is 0 Å². The maximum Gasteiger partial charge on any atom is 0.274 e. The molecule has 0 bridgehead atoms. The lowest BCUT2D eigenvalue weighted by Gasteiger charge is -2.50. The van der Waals surface area contributed by atoms with Crippen molar-refractivity contribution in [1.29, 1.82) is 0 Å². The second-order valence-electron chi connectivity index (χ2n) is 9.20. The summed E-state index contributed by atoms with van der Waals surface area (Å²) in [6.07, 6.45) is 4.49. The van der Waals surface area contributed by atoms with Crippen molar-refractivity contribution < 1.29 is 9.59 Å². The van der Waals surface area contributed by atoms with Gasteiger partial charge in [0.1, 0.15) is 5.69 Å². The molecule has 2 saturated heterocycles. The van der Waals surface area contributed by atoms with Crippen LogP contribution in [0.25, 0.3) is 0 Å². The molecule has 2 aromatic rings. The molecule has 1 aliphatic carbocycles. The minimum absolute atomic E-state index is 0.0934. The summed E-state index contributed by atoms with van der Waals surface area (Å²) in [7, 11) is 0. The van der Waals surface area contributed by atoms with E-state index in [-0.39, 0.29) is 11.8 Å². The number of carbonyl (C=O) groups is 2. The molecule has 1 aromatic carbocycles. The van der Waals surface area contributed by atoms with Crippen molar-refractivity contribution in [2.45, 2.75) is 32.6 Å². The summed E-state index contributed by atoms with van der Waals surface area (Å²) in [5, 5.41) is 6.93. The maximum absolute atomic E-state index is 13.7. The van der Waals surface area contributed by atoms with Gasteiger partial charge in [-0.15, -0.1) is 0 Å². The number of hydrogen-bond donors (Lipinski definition) is 1. The zero-order valence-corrected chi connectivity index (χ0v) is 16.9. The first-order valence-corrected chi connectivity index (χ1v) is 10.7. The van der Waals surface area contributed by atoms with Gasteiger partial charge in [-0.2, -0.15) is 5.10 Å². The van der Waals surface area contributed by atoms with Crippen LogP contribution in [0.1, 0.15) is 41.0 Å². The van der Waals surface area contributed by atoms with Gasteiger partial charge in [-0.3, -0.25) is 14.7 Å². The Balaban J connectivity index is 1.35. The second-order valence-corrected chi connectivity index (χ2v) is 9.20. The minimum Gasteiger partial charge on any atom is -0.342 e. The number of aromatic nitrogens is 2. The highest BCUT2D eigenvalue weighted by atomic mass is 16.2. The average molecular weight is 393 g/mol. The van der Waals surface area contributed by atoms with Crippen LogP contribution in [0.3, 0.4) is 0 Å². The number of likely N-dealkylation sites (tertiary alicyclic amines) is 2. The van der Waals surface area contributed by atoms with Gasteiger partial charge in [-0.05, 0) is 49.7 Å². The quantitative estimate of drug-likeness (QED) is 0.870. The minimum atomic E-state index is -0.513. The van der Waals surface area contributed by atoms with Crippen LogP contribution in [0.4, 0.5) is 0 Å². The van der Waals surface area contributed by atoms with E-state index >= 15 is 0 Å². The zero-order valence-electron chi connectivity index (χ0n) is 16.9. The van der Waals surface area contributed by atoms with E-state index in [1.165, 1.54) is 19.3 Å². The third-order valence-corrected chi connectivity index (χ3v) is 7.05. The Kier molecular flexibility index (Phi) is 4.45. The molecule has 2 amide bonds. The van der Waals surface area contributed by atoms with Crippen molar-refractivity contribution in [3.63, 3.8) is 0 Å². The van der Waals surface area contributed by atoms with E-state index in [0.29, 0.717) is 37.0 Å². The Hall–Kier alpha value is -2.63. The fourth-order valence-corrected chi connectivity index (χ4v) is 5.56. The van der Waals surface area contributed by atoms with Crippen LogP contribution in [0.2, 0.25) is 0 Å². The summed E-state index contributed by atoms with van der Waals surface area (Å²) in [4.78, 5) is 30.3. The van der Waals surface area contributed by atoms with E-state index in [4.69, 9.17) is 0 Å². The zero-order chi connectivity index (χ0) is 20.0. The molecule has 1 saturated carbocycles. The number of hydrogen-bond acceptors (Lipinski definition) is 3. The van der Waals surface area contributed by atoms with E-state index in [1.807, 2.05) is 25.1 Å². The van der Waals surface area contributed by atoms with Crippen LogP contribution in [0, 0.1) is 24.2 Å². The van der Waals surface area contributed by atoms with Gasteiger partial charge < -0.3 is 9.80 Å². The van der Waals surface area contributed by atoms with Crippen LogP contribution in [-0.2, 0) is 11.2 Å². The van der Waals surface area contributed by atoms with Gasteiger partial charge in [0, 0.05) is 31.9 Å². The number of nitrogens with one attached hydrogen (secondary N) is 1. The number of carbonyl (C=O) groups excluding carboxylic acids is 2. The molecule has 2 atom stereocenters. The van der Waals surface area contributed by atoms with Crippen LogP contribution in [0.15, 0.2) is 36.4 Å². The molecular formula is C23H28N4O2. The van der Waals surface area contributed by atoms with Crippen molar-refractivity contribution in [3.8, 4) is 0 Å². The molecule has 152 valence electrons. The first-order chi connectivity index (χ1) is 14.0. The van der Waals surface area contributed by atoms with Gasteiger partial charge in [-0.1, -0.05) is 36.8 Å². The van der Waals surface area contributed by atoms with Gasteiger partial charge in [-0.25, -0.2) is 0 Å². The third-order valence-electron chi connectivity index (χ3n) is 7.05.